The summed E-state index contributed by atoms with van der Waals surface area (Å²) < 4.78 is 7.60. The standard InChI is InChI=1S/C16H20N2O3.C12H10/c1-2-10-21-15-11-13(12-18-9-3-8-17-18)4-5-14(15)6-7-16(19)20;1-3-7-11(8-4-1)12-9-5-2-6-10-12/h3-5,8-9,11H,2,6-7,10,12H2,1H3,(H,19,20);1-10H. The minimum absolute atomic E-state index is 0.112. The lowest BCUT2D eigenvalue weighted by molar-refractivity contribution is -0.136. The van der Waals surface area contributed by atoms with E-state index in [9.17, 15) is 4.79 Å². The number of carbonyl (C=O) groups is 1. The molecule has 0 atom stereocenters. The average molecular weight is 443 g/mol. The van der Waals surface area contributed by atoms with Crippen LogP contribution < -0.4 is 4.74 Å². The first-order valence-corrected chi connectivity index (χ1v) is 11.2. The summed E-state index contributed by atoms with van der Waals surface area (Å²) in [5.41, 5.74) is 4.58. The fraction of sp³-hybridized carbons (Fsp3) is 0.214. The van der Waals surface area contributed by atoms with Crippen molar-refractivity contribution in [2.24, 2.45) is 0 Å². The summed E-state index contributed by atoms with van der Waals surface area (Å²) in [6.45, 7) is 3.35. The van der Waals surface area contributed by atoms with E-state index in [1.54, 1.807) is 6.20 Å². The molecule has 5 heteroatoms. The van der Waals surface area contributed by atoms with Crippen LogP contribution in [0.25, 0.3) is 11.1 Å². The SMILES string of the molecule is CCCOc1cc(Cn2cccn2)ccc1CCC(=O)O.c1ccc(-c2ccccc2)cc1. The van der Waals surface area contributed by atoms with E-state index < -0.39 is 5.97 Å². The van der Waals surface area contributed by atoms with Crippen molar-refractivity contribution in [1.82, 2.24) is 9.78 Å². The predicted octanol–water partition coefficient (Wildman–Crippen LogP) is 6.09. The molecule has 3 aromatic carbocycles. The van der Waals surface area contributed by atoms with Gasteiger partial charge in [-0.1, -0.05) is 79.7 Å². The topological polar surface area (TPSA) is 64.4 Å². The first-order valence-electron chi connectivity index (χ1n) is 11.2. The predicted molar refractivity (Wildman–Crippen MR) is 131 cm³/mol. The van der Waals surface area contributed by atoms with E-state index in [4.69, 9.17) is 9.84 Å². The highest BCUT2D eigenvalue weighted by atomic mass is 16.5. The molecule has 1 aromatic heterocycles. The molecule has 1 N–H and O–H groups in total. The van der Waals surface area contributed by atoms with Gasteiger partial charge in [0.2, 0.25) is 0 Å². The third-order valence-electron chi connectivity index (χ3n) is 4.99. The molecule has 0 saturated carbocycles. The number of aromatic nitrogens is 2. The fourth-order valence-corrected chi connectivity index (χ4v) is 3.33. The van der Waals surface area contributed by atoms with E-state index in [0.29, 0.717) is 19.6 Å². The van der Waals surface area contributed by atoms with Gasteiger partial charge < -0.3 is 9.84 Å². The Labute approximate surface area is 195 Å². The number of carboxylic acid groups (broad SMARTS) is 1. The molecule has 0 amide bonds. The molecule has 0 aliphatic rings. The summed E-state index contributed by atoms with van der Waals surface area (Å²) in [6, 6.07) is 28.6. The zero-order valence-electron chi connectivity index (χ0n) is 18.9. The van der Waals surface area contributed by atoms with Crippen LogP contribution in [0, 0.1) is 0 Å². The Bertz CT molecular complexity index is 1060. The second-order valence-corrected chi connectivity index (χ2v) is 7.62. The summed E-state index contributed by atoms with van der Waals surface area (Å²) >= 11 is 0. The number of aliphatic carboxylic acids is 1. The minimum Gasteiger partial charge on any atom is -0.493 e. The highest BCUT2D eigenvalue weighted by Gasteiger charge is 2.08. The Balaban J connectivity index is 0.000000215. The smallest absolute Gasteiger partial charge is 0.303 e. The largest absolute Gasteiger partial charge is 0.493 e. The molecule has 0 spiro atoms. The van der Waals surface area contributed by atoms with Gasteiger partial charge >= 0.3 is 5.97 Å². The number of carboxylic acids is 1. The van der Waals surface area contributed by atoms with Crippen LogP contribution in [0.3, 0.4) is 0 Å². The monoisotopic (exact) mass is 442 g/mol. The quantitative estimate of drug-likeness (QED) is 0.341. The molecule has 0 fully saturated rings. The normalized spacial score (nSPS) is 10.2. The van der Waals surface area contributed by atoms with Crippen LogP contribution >= 0.6 is 0 Å². The number of nitrogens with zero attached hydrogens (tertiary/aromatic N) is 2. The Kier molecular flexibility index (Phi) is 9.28. The summed E-state index contributed by atoms with van der Waals surface area (Å²) in [5, 5.41) is 13.0. The van der Waals surface area contributed by atoms with E-state index in [1.165, 1.54) is 11.1 Å². The minimum atomic E-state index is -0.794. The van der Waals surface area contributed by atoms with Gasteiger partial charge in [0.1, 0.15) is 5.75 Å². The Morgan fingerprint density at radius 3 is 2.15 bits per heavy atom. The molecule has 33 heavy (non-hydrogen) atoms. The molecule has 1 heterocycles. The Hall–Kier alpha value is -3.86. The van der Waals surface area contributed by atoms with Gasteiger partial charge in [-0.2, -0.15) is 5.10 Å². The van der Waals surface area contributed by atoms with E-state index in [2.05, 4.69) is 53.6 Å². The van der Waals surface area contributed by atoms with E-state index in [0.717, 1.165) is 23.3 Å². The van der Waals surface area contributed by atoms with Crippen LogP contribution in [0.1, 0.15) is 30.9 Å². The molecule has 0 aliphatic carbocycles. The van der Waals surface area contributed by atoms with Crippen molar-refractivity contribution in [3.63, 3.8) is 0 Å². The molecule has 0 radical (unpaired) electrons. The number of rotatable bonds is 9. The number of aryl methyl sites for hydroxylation is 1. The molecular weight excluding hydrogens is 412 g/mol. The maximum absolute atomic E-state index is 10.7. The lowest BCUT2D eigenvalue weighted by Crippen LogP contribution is -2.05. The van der Waals surface area contributed by atoms with E-state index >= 15 is 0 Å². The van der Waals surface area contributed by atoms with Crippen LogP contribution in [0.5, 0.6) is 5.75 Å². The van der Waals surface area contributed by atoms with Crippen molar-refractivity contribution < 1.29 is 14.6 Å². The maximum atomic E-state index is 10.7. The zero-order valence-corrected chi connectivity index (χ0v) is 18.9. The first kappa shape index (κ1) is 23.8. The molecule has 0 aliphatic heterocycles. The second kappa shape index (κ2) is 12.9. The highest BCUT2D eigenvalue weighted by molar-refractivity contribution is 5.67. The molecule has 0 bridgehead atoms. The van der Waals surface area contributed by atoms with Gasteiger partial charge in [-0.15, -0.1) is 0 Å². The number of hydrogen-bond acceptors (Lipinski definition) is 3. The van der Waals surface area contributed by atoms with Gasteiger partial charge in [-0.25, -0.2) is 0 Å². The lowest BCUT2D eigenvalue weighted by atomic mass is 10.1. The fourth-order valence-electron chi connectivity index (χ4n) is 3.33. The number of hydrogen-bond donors (Lipinski definition) is 1. The number of benzene rings is 3. The van der Waals surface area contributed by atoms with Gasteiger partial charge in [-0.05, 0) is 47.2 Å². The van der Waals surface area contributed by atoms with Crippen LogP contribution in [0.15, 0.2) is 97.3 Å². The zero-order chi connectivity index (χ0) is 23.3. The summed E-state index contributed by atoms with van der Waals surface area (Å²) in [7, 11) is 0. The Morgan fingerprint density at radius 2 is 1.61 bits per heavy atom. The van der Waals surface area contributed by atoms with Gasteiger partial charge in [0, 0.05) is 18.8 Å². The molecular formula is C28H30N2O3. The van der Waals surface area contributed by atoms with Crippen molar-refractivity contribution >= 4 is 5.97 Å². The van der Waals surface area contributed by atoms with Crippen LogP contribution in [-0.4, -0.2) is 27.5 Å². The molecule has 4 rings (SSSR count). The third kappa shape index (κ3) is 7.96. The molecule has 0 saturated heterocycles. The highest BCUT2D eigenvalue weighted by Crippen LogP contribution is 2.23. The van der Waals surface area contributed by atoms with Gasteiger partial charge in [0.05, 0.1) is 13.2 Å². The van der Waals surface area contributed by atoms with Crippen LogP contribution in [0.4, 0.5) is 0 Å². The van der Waals surface area contributed by atoms with Gasteiger partial charge in [-0.3, -0.25) is 9.48 Å². The van der Waals surface area contributed by atoms with Crippen molar-refractivity contribution in [3.05, 3.63) is 108 Å². The molecule has 0 unspecified atom stereocenters. The average Bonchev–Trinajstić information content (AvgIpc) is 3.36. The lowest BCUT2D eigenvalue weighted by Gasteiger charge is -2.12. The van der Waals surface area contributed by atoms with Crippen molar-refractivity contribution in [1.29, 1.82) is 0 Å². The van der Waals surface area contributed by atoms with Crippen molar-refractivity contribution in [2.45, 2.75) is 32.7 Å². The molecule has 4 aromatic rings. The number of ether oxygens (including phenoxy) is 1. The van der Waals surface area contributed by atoms with Crippen molar-refractivity contribution in [3.8, 4) is 16.9 Å². The summed E-state index contributed by atoms with van der Waals surface area (Å²) in [4.78, 5) is 10.7. The second-order valence-electron chi connectivity index (χ2n) is 7.62. The van der Waals surface area contributed by atoms with Crippen LogP contribution in [-0.2, 0) is 17.8 Å². The molecule has 5 nitrogen and oxygen atoms in total. The summed E-state index contributed by atoms with van der Waals surface area (Å²) in [5.74, 6) is -0.0141. The Morgan fingerprint density at radius 1 is 0.939 bits per heavy atom. The maximum Gasteiger partial charge on any atom is 0.303 e. The van der Waals surface area contributed by atoms with Gasteiger partial charge in [0.25, 0.3) is 0 Å². The summed E-state index contributed by atoms with van der Waals surface area (Å²) in [6.07, 6.45) is 5.17. The third-order valence-corrected chi connectivity index (χ3v) is 4.99. The molecule has 170 valence electrons. The van der Waals surface area contributed by atoms with Crippen LogP contribution in [0.2, 0.25) is 0 Å². The van der Waals surface area contributed by atoms with Gasteiger partial charge in [0.15, 0.2) is 0 Å². The van der Waals surface area contributed by atoms with E-state index in [1.807, 2.05) is 54.2 Å². The van der Waals surface area contributed by atoms with E-state index in [-0.39, 0.29) is 6.42 Å². The first-order chi connectivity index (χ1) is 16.2. The van der Waals surface area contributed by atoms with Crippen molar-refractivity contribution in [2.75, 3.05) is 6.61 Å².